The van der Waals surface area contributed by atoms with Gasteiger partial charge < -0.3 is 13.6 Å². The Morgan fingerprint density at radius 2 is 1.80 bits per heavy atom. The summed E-state index contributed by atoms with van der Waals surface area (Å²) >= 11 is 0. The quantitative estimate of drug-likeness (QED) is 0.555. The van der Waals surface area contributed by atoms with Gasteiger partial charge in [0.2, 0.25) is 0 Å². The highest BCUT2D eigenvalue weighted by Crippen LogP contribution is 2.46. The summed E-state index contributed by atoms with van der Waals surface area (Å²) in [5.41, 5.74) is 0. The lowest BCUT2D eigenvalue weighted by Crippen LogP contribution is -2.22. The lowest BCUT2D eigenvalue weighted by Gasteiger charge is -2.29. The van der Waals surface area contributed by atoms with Crippen LogP contribution in [0.25, 0.3) is 0 Å². The fourth-order valence-corrected chi connectivity index (χ4v) is 1.94. The van der Waals surface area contributed by atoms with Gasteiger partial charge in [-0.05, 0) is 13.8 Å². The fraction of sp³-hybridized carbons (Fsp3) is 1.00. The van der Waals surface area contributed by atoms with Crippen molar-refractivity contribution < 1.29 is 13.6 Å². The van der Waals surface area contributed by atoms with Crippen LogP contribution in [0.1, 0.15) is 20.3 Å². The Hall–Kier alpha value is 0.310. The molecule has 0 amide bonds. The zero-order valence-corrected chi connectivity index (χ0v) is 7.43. The standard InChI is InChI=1S/C6H13O3P/c1-5-4-6(2)9-10(7-3)8-5/h5-6H,4H2,1-3H3/t5-,6-/m0/s1. The summed E-state index contributed by atoms with van der Waals surface area (Å²) in [6.45, 7) is 4.07. The molecule has 10 heavy (non-hydrogen) atoms. The Bertz CT molecular complexity index is 99.2. The molecule has 1 fully saturated rings. The fourth-order valence-electron chi connectivity index (χ4n) is 0.958. The van der Waals surface area contributed by atoms with Crippen LogP contribution in [0.2, 0.25) is 0 Å². The van der Waals surface area contributed by atoms with Gasteiger partial charge >= 0.3 is 8.60 Å². The highest BCUT2D eigenvalue weighted by atomic mass is 31.2. The van der Waals surface area contributed by atoms with Gasteiger partial charge in [-0.1, -0.05) is 0 Å². The minimum Gasteiger partial charge on any atom is -0.316 e. The van der Waals surface area contributed by atoms with Crippen LogP contribution < -0.4 is 0 Å². The van der Waals surface area contributed by atoms with Gasteiger partial charge in [-0.15, -0.1) is 0 Å². The molecule has 0 unspecified atom stereocenters. The van der Waals surface area contributed by atoms with Gasteiger partial charge in [-0.2, -0.15) is 0 Å². The molecule has 1 rings (SSSR count). The maximum absolute atomic E-state index is 5.33. The summed E-state index contributed by atoms with van der Waals surface area (Å²) in [4.78, 5) is 0. The second kappa shape index (κ2) is 3.63. The van der Waals surface area contributed by atoms with Gasteiger partial charge in [0.1, 0.15) is 0 Å². The summed E-state index contributed by atoms with van der Waals surface area (Å²) in [6.07, 6.45) is 1.51. The summed E-state index contributed by atoms with van der Waals surface area (Å²) in [6, 6.07) is 0. The Kier molecular flexibility index (Phi) is 3.05. The molecule has 0 bridgehead atoms. The predicted octanol–water partition coefficient (Wildman–Crippen LogP) is 2.07. The van der Waals surface area contributed by atoms with Crippen molar-refractivity contribution in [3.8, 4) is 0 Å². The summed E-state index contributed by atoms with van der Waals surface area (Å²) in [7, 11) is 0.559. The van der Waals surface area contributed by atoms with Crippen molar-refractivity contribution in [2.45, 2.75) is 32.5 Å². The van der Waals surface area contributed by atoms with Gasteiger partial charge in [0, 0.05) is 13.5 Å². The van der Waals surface area contributed by atoms with Crippen LogP contribution in [0.15, 0.2) is 0 Å². The SMILES string of the molecule is COP1O[C@@H](C)C[C@H](C)O1. The summed E-state index contributed by atoms with van der Waals surface area (Å²) in [5.74, 6) is 0. The Morgan fingerprint density at radius 3 is 2.20 bits per heavy atom. The van der Waals surface area contributed by atoms with Crippen molar-refractivity contribution in [2.75, 3.05) is 7.11 Å². The van der Waals surface area contributed by atoms with Crippen LogP contribution in [-0.4, -0.2) is 19.3 Å². The molecular formula is C6H13O3P. The Morgan fingerprint density at radius 1 is 1.30 bits per heavy atom. The van der Waals surface area contributed by atoms with Crippen LogP contribution >= 0.6 is 8.60 Å². The number of hydrogen-bond acceptors (Lipinski definition) is 3. The average Bonchev–Trinajstić information content (AvgIpc) is 1.85. The van der Waals surface area contributed by atoms with Crippen molar-refractivity contribution in [3.05, 3.63) is 0 Å². The smallest absolute Gasteiger partial charge is 0.316 e. The van der Waals surface area contributed by atoms with Crippen molar-refractivity contribution >= 4 is 8.60 Å². The van der Waals surface area contributed by atoms with E-state index < -0.39 is 8.60 Å². The van der Waals surface area contributed by atoms with Crippen molar-refractivity contribution in [1.29, 1.82) is 0 Å². The highest BCUT2D eigenvalue weighted by Gasteiger charge is 2.25. The maximum atomic E-state index is 5.33. The van der Waals surface area contributed by atoms with E-state index in [9.17, 15) is 0 Å². The van der Waals surface area contributed by atoms with Gasteiger partial charge in [-0.3, -0.25) is 0 Å². The van der Waals surface area contributed by atoms with E-state index in [1.54, 1.807) is 7.11 Å². The molecule has 1 aliphatic rings. The van der Waals surface area contributed by atoms with Crippen LogP contribution in [-0.2, 0) is 13.6 Å². The molecule has 0 aliphatic carbocycles. The topological polar surface area (TPSA) is 27.7 Å². The highest BCUT2D eigenvalue weighted by molar-refractivity contribution is 7.41. The summed E-state index contributed by atoms with van der Waals surface area (Å²) < 4.78 is 15.6. The van der Waals surface area contributed by atoms with Gasteiger partial charge in [0.05, 0.1) is 12.2 Å². The molecule has 0 radical (unpaired) electrons. The predicted molar refractivity (Wildman–Crippen MR) is 39.6 cm³/mol. The van der Waals surface area contributed by atoms with Crippen LogP contribution in [0, 0.1) is 0 Å². The first-order valence-electron chi connectivity index (χ1n) is 3.40. The lowest BCUT2D eigenvalue weighted by molar-refractivity contribution is 0.0394. The number of hydrogen-bond donors (Lipinski definition) is 0. The first-order chi connectivity index (χ1) is 4.72. The largest absolute Gasteiger partial charge is 0.332 e. The van der Waals surface area contributed by atoms with Gasteiger partial charge in [-0.25, -0.2) is 0 Å². The van der Waals surface area contributed by atoms with E-state index in [0.717, 1.165) is 6.42 Å². The monoisotopic (exact) mass is 164 g/mol. The van der Waals surface area contributed by atoms with Crippen LogP contribution in [0.5, 0.6) is 0 Å². The van der Waals surface area contributed by atoms with Gasteiger partial charge in [0.15, 0.2) is 0 Å². The van der Waals surface area contributed by atoms with E-state index in [2.05, 4.69) is 0 Å². The molecule has 0 aromatic heterocycles. The Balaban J connectivity index is 2.35. The maximum Gasteiger partial charge on any atom is 0.332 e. The molecule has 1 heterocycles. The zero-order chi connectivity index (χ0) is 7.56. The third kappa shape index (κ3) is 2.17. The Labute approximate surface area is 62.7 Å². The van der Waals surface area contributed by atoms with E-state index in [-0.39, 0.29) is 12.2 Å². The first kappa shape index (κ1) is 8.41. The first-order valence-corrected chi connectivity index (χ1v) is 4.49. The third-order valence-electron chi connectivity index (χ3n) is 1.34. The molecule has 1 aliphatic heterocycles. The van der Waals surface area contributed by atoms with E-state index in [1.807, 2.05) is 13.8 Å². The molecule has 0 aromatic rings. The normalized spacial score (nSPS) is 41.7. The van der Waals surface area contributed by atoms with E-state index in [4.69, 9.17) is 13.6 Å². The van der Waals surface area contributed by atoms with Gasteiger partial charge in [0.25, 0.3) is 0 Å². The molecule has 0 spiro atoms. The molecule has 1 saturated heterocycles. The average molecular weight is 164 g/mol. The third-order valence-corrected chi connectivity index (χ3v) is 2.71. The molecule has 4 heteroatoms. The molecule has 0 N–H and O–H groups in total. The minimum absolute atomic E-state index is 0.273. The zero-order valence-electron chi connectivity index (χ0n) is 6.53. The lowest BCUT2D eigenvalue weighted by atomic mass is 10.2. The van der Waals surface area contributed by atoms with Crippen molar-refractivity contribution in [3.63, 3.8) is 0 Å². The molecule has 2 atom stereocenters. The van der Waals surface area contributed by atoms with E-state index >= 15 is 0 Å². The van der Waals surface area contributed by atoms with Crippen LogP contribution in [0.4, 0.5) is 0 Å². The second-order valence-electron chi connectivity index (χ2n) is 2.47. The molecule has 3 nitrogen and oxygen atoms in total. The number of rotatable bonds is 1. The molecular weight excluding hydrogens is 151 g/mol. The van der Waals surface area contributed by atoms with Crippen LogP contribution in [0.3, 0.4) is 0 Å². The van der Waals surface area contributed by atoms with Crippen molar-refractivity contribution in [2.24, 2.45) is 0 Å². The molecule has 0 saturated carbocycles. The minimum atomic E-state index is -1.05. The summed E-state index contributed by atoms with van der Waals surface area (Å²) in [5, 5.41) is 0. The van der Waals surface area contributed by atoms with Crippen molar-refractivity contribution in [1.82, 2.24) is 0 Å². The molecule has 0 aromatic carbocycles. The van der Waals surface area contributed by atoms with E-state index in [1.165, 1.54) is 0 Å². The second-order valence-corrected chi connectivity index (χ2v) is 3.71. The molecule has 60 valence electrons. The van der Waals surface area contributed by atoms with E-state index in [0.29, 0.717) is 0 Å².